The summed E-state index contributed by atoms with van der Waals surface area (Å²) in [7, 11) is 0. The Hall–Kier alpha value is -0.540. The summed E-state index contributed by atoms with van der Waals surface area (Å²) in [5, 5.41) is 0. The molecule has 0 N–H and O–H groups in total. The van der Waals surface area contributed by atoms with Crippen LogP contribution in [0.5, 0.6) is 0 Å². The van der Waals surface area contributed by atoms with Crippen LogP contribution in [0.25, 0.3) is 0 Å². The van der Waals surface area contributed by atoms with Crippen LogP contribution in [0.3, 0.4) is 0 Å². The van der Waals surface area contributed by atoms with Crippen molar-refractivity contribution in [2.75, 3.05) is 19.8 Å². The summed E-state index contributed by atoms with van der Waals surface area (Å²) in [6, 6.07) is 0. The van der Waals surface area contributed by atoms with Crippen LogP contribution in [0.1, 0.15) is 33.6 Å². The van der Waals surface area contributed by atoms with E-state index >= 15 is 0 Å². The van der Waals surface area contributed by atoms with Crippen molar-refractivity contribution in [1.29, 1.82) is 0 Å². The highest BCUT2D eigenvalue weighted by atomic mass is 16.7. The van der Waals surface area contributed by atoms with E-state index in [9.17, 15) is 0 Å². The molecule has 0 aromatic rings. The molecule has 0 aromatic heterocycles. The van der Waals surface area contributed by atoms with E-state index in [1.807, 2.05) is 26.8 Å². The first-order valence-corrected chi connectivity index (χ1v) is 5.34. The molecule has 0 aliphatic heterocycles. The predicted molar refractivity (Wildman–Crippen MR) is 57.0 cm³/mol. The fourth-order valence-corrected chi connectivity index (χ4v) is 1.05. The monoisotopic (exact) mass is 202 g/mol. The fourth-order valence-electron chi connectivity index (χ4n) is 1.05. The summed E-state index contributed by atoms with van der Waals surface area (Å²) < 4.78 is 15.9. The Kier molecular flexibility index (Phi) is 10.1. The first-order valence-electron chi connectivity index (χ1n) is 5.34. The van der Waals surface area contributed by atoms with E-state index in [4.69, 9.17) is 14.2 Å². The van der Waals surface area contributed by atoms with Gasteiger partial charge in [-0.3, -0.25) is 0 Å². The molecule has 0 atom stereocenters. The van der Waals surface area contributed by atoms with Gasteiger partial charge in [-0.05, 0) is 33.3 Å². The second-order valence-corrected chi connectivity index (χ2v) is 2.74. The van der Waals surface area contributed by atoms with Crippen molar-refractivity contribution in [1.82, 2.24) is 0 Å². The lowest BCUT2D eigenvalue weighted by Gasteiger charge is -2.15. The summed E-state index contributed by atoms with van der Waals surface area (Å²) in [4.78, 5) is 0. The Balaban J connectivity index is 3.48. The van der Waals surface area contributed by atoms with Crippen LogP contribution in [0.15, 0.2) is 12.3 Å². The minimum Gasteiger partial charge on any atom is -0.502 e. The minimum absolute atomic E-state index is 0.0729. The van der Waals surface area contributed by atoms with Crippen LogP contribution in [-0.2, 0) is 14.2 Å². The van der Waals surface area contributed by atoms with Crippen molar-refractivity contribution >= 4 is 0 Å². The molecule has 0 radical (unpaired) electrons. The van der Waals surface area contributed by atoms with E-state index in [0.29, 0.717) is 13.2 Å². The third kappa shape index (κ3) is 8.08. The zero-order valence-electron chi connectivity index (χ0n) is 9.49. The number of hydrogen-bond acceptors (Lipinski definition) is 3. The van der Waals surface area contributed by atoms with Gasteiger partial charge < -0.3 is 14.2 Å². The molecule has 0 heterocycles. The molecule has 84 valence electrons. The highest BCUT2D eigenvalue weighted by molar-refractivity contribution is 4.73. The Bertz CT molecular complexity index is 128. The van der Waals surface area contributed by atoms with Crippen molar-refractivity contribution in [3.05, 3.63) is 12.3 Å². The normalized spacial score (nSPS) is 11.4. The number of allylic oxidation sites excluding steroid dienone is 1. The lowest BCUT2D eigenvalue weighted by atomic mass is 10.3. The van der Waals surface area contributed by atoms with E-state index in [2.05, 4.69) is 0 Å². The largest absolute Gasteiger partial charge is 0.502 e. The molecule has 3 nitrogen and oxygen atoms in total. The van der Waals surface area contributed by atoms with Crippen LogP contribution in [0.4, 0.5) is 0 Å². The van der Waals surface area contributed by atoms with E-state index in [-0.39, 0.29) is 6.29 Å². The van der Waals surface area contributed by atoms with Gasteiger partial charge in [-0.25, -0.2) is 0 Å². The smallest absolute Gasteiger partial charge is 0.157 e. The number of rotatable bonds is 9. The van der Waals surface area contributed by atoms with Crippen molar-refractivity contribution in [2.45, 2.75) is 39.9 Å². The molecule has 14 heavy (non-hydrogen) atoms. The molecule has 0 fully saturated rings. The van der Waals surface area contributed by atoms with Crippen LogP contribution >= 0.6 is 0 Å². The van der Waals surface area contributed by atoms with Gasteiger partial charge in [0.1, 0.15) is 0 Å². The lowest BCUT2D eigenvalue weighted by molar-refractivity contribution is -0.138. The first-order chi connectivity index (χ1) is 6.85. The van der Waals surface area contributed by atoms with E-state index in [1.54, 1.807) is 6.26 Å². The van der Waals surface area contributed by atoms with Crippen molar-refractivity contribution in [3.63, 3.8) is 0 Å². The van der Waals surface area contributed by atoms with Gasteiger partial charge in [0, 0.05) is 19.6 Å². The molecule has 0 aromatic carbocycles. The van der Waals surface area contributed by atoms with Crippen molar-refractivity contribution < 1.29 is 14.2 Å². The highest BCUT2D eigenvalue weighted by Gasteiger charge is 2.05. The molecule has 0 saturated carbocycles. The lowest BCUT2D eigenvalue weighted by Crippen LogP contribution is -2.16. The zero-order valence-corrected chi connectivity index (χ0v) is 9.49. The van der Waals surface area contributed by atoms with Crippen LogP contribution in [-0.4, -0.2) is 26.1 Å². The van der Waals surface area contributed by atoms with Crippen LogP contribution in [0, 0.1) is 0 Å². The molecule has 0 amide bonds. The maximum Gasteiger partial charge on any atom is 0.157 e. The van der Waals surface area contributed by atoms with Gasteiger partial charge in [-0.2, -0.15) is 0 Å². The average molecular weight is 202 g/mol. The maximum atomic E-state index is 5.39. The molecule has 0 rings (SSSR count). The van der Waals surface area contributed by atoms with E-state index in [1.165, 1.54) is 0 Å². The average Bonchev–Trinajstić information content (AvgIpc) is 2.18. The second-order valence-electron chi connectivity index (χ2n) is 2.74. The highest BCUT2D eigenvalue weighted by Crippen LogP contribution is 2.05. The van der Waals surface area contributed by atoms with Crippen LogP contribution < -0.4 is 0 Å². The van der Waals surface area contributed by atoms with Gasteiger partial charge in [0.15, 0.2) is 6.29 Å². The quantitative estimate of drug-likeness (QED) is 0.425. The molecular formula is C11H22O3. The molecular weight excluding hydrogens is 180 g/mol. The Morgan fingerprint density at radius 2 is 1.64 bits per heavy atom. The fraction of sp³-hybridized carbons (Fsp3) is 0.818. The van der Waals surface area contributed by atoms with Gasteiger partial charge in [-0.1, -0.05) is 0 Å². The minimum atomic E-state index is -0.0729. The zero-order chi connectivity index (χ0) is 10.6. The van der Waals surface area contributed by atoms with Crippen molar-refractivity contribution in [2.24, 2.45) is 0 Å². The predicted octanol–water partition coefficient (Wildman–Crippen LogP) is 2.72. The van der Waals surface area contributed by atoms with Crippen molar-refractivity contribution in [3.8, 4) is 0 Å². The second kappa shape index (κ2) is 10.5. The summed E-state index contributed by atoms with van der Waals surface area (Å²) in [6.45, 7) is 8.02. The Morgan fingerprint density at radius 3 is 2.14 bits per heavy atom. The van der Waals surface area contributed by atoms with Gasteiger partial charge in [-0.15, -0.1) is 0 Å². The summed E-state index contributed by atoms with van der Waals surface area (Å²) in [6.07, 6.45) is 5.45. The number of ether oxygens (including phenoxy) is 3. The summed E-state index contributed by atoms with van der Waals surface area (Å²) in [5.74, 6) is 0. The molecule has 0 aliphatic carbocycles. The van der Waals surface area contributed by atoms with E-state index in [0.717, 1.165) is 19.4 Å². The molecule has 0 unspecified atom stereocenters. The summed E-state index contributed by atoms with van der Waals surface area (Å²) >= 11 is 0. The third-order valence-corrected chi connectivity index (χ3v) is 1.63. The van der Waals surface area contributed by atoms with Gasteiger partial charge in [0.05, 0.1) is 12.9 Å². The standard InChI is InChI=1S/C11H22O3/c1-4-12-10-8-7-9-11(13-5-2)14-6-3/h8,10-11H,4-7,9H2,1-3H3/b10-8+. The molecule has 3 heteroatoms. The Morgan fingerprint density at radius 1 is 1.00 bits per heavy atom. The number of hydrogen-bond donors (Lipinski definition) is 0. The SMILES string of the molecule is CCO/C=C/CCC(OCC)OCC. The van der Waals surface area contributed by atoms with Gasteiger partial charge >= 0.3 is 0 Å². The molecule has 0 saturated heterocycles. The van der Waals surface area contributed by atoms with E-state index < -0.39 is 0 Å². The first kappa shape index (κ1) is 13.5. The van der Waals surface area contributed by atoms with Crippen LogP contribution in [0.2, 0.25) is 0 Å². The third-order valence-electron chi connectivity index (χ3n) is 1.63. The maximum absolute atomic E-state index is 5.39. The Labute approximate surface area is 87.0 Å². The van der Waals surface area contributed by atoms with Gasteiger partial charge in [0.25, 0.3) is 0 Å². The molecule has 0 bridgehead atoms. The summed E-state index contributed by atoms with van der Waals surface area (Å²) in [5.41, 5.74) is 0. The molecule has 0 aliphatic rings. The topological polar surface area (TPSA) is 27.7 Å². The van der Waals surface area contributed by atoms with Gasteiger partial charge in [0.2, 0.25) is 0 Å². The molecule has 0 spiro atoms.